The first-order valence-electron chi connectivity index (χ1n) is 5.10. The zero-order chi connectivity index (χ0) is 11.7. The lowest BCUT2D eigenvalue weighted by molar-refractivity contribution is 1.40. The predicted octanol–water partition coefficient (Wildman–Crippen LogP) is 5.50. The summed E-state index contributed by atoms with van der Waals surface area (Å²) in [7, 11) is 0. The molecule has 2 heteroatoms. The third-order valence-corrected chi connectivity index (χ3v) is 4.43. The van der Waals surface area contributed by atoms with Gasteiger partial charge in [-0.1, -0.05) is 56.1 Å². The molecule has 82 valence electrons. The summed E-state index contributed by atoms with van der Waals surface area (Å²) in [4.78, 5) is 0. The van der Waals surface area contributed by atoms with Crippen LogP contribution in [0, 0.1) is 13.8 Å². The fourth-order valence-electron chi connectivity index (χ4n) is 1.65. The topological polar surface area (TPSA) is 0 Å². The van der Waals surface area contributed by atoms with Crippen LogP contribution >= 0.6 is 31.9 Å². The van der Waals surface area contributed by atoms with Crippen molar-refractivity contribution in [3.63, 3.8) is 0 Å². The van der Waals surface area contributed by atoms with E-state index in [1.165, 1.54) is 22.3 Å². The highest BCUT2D eigenvalue weighted by Crippen LogP contribution is 2.27. The summed E-state index contributed by atoms with van der Waals surface area (Å²) in [6.07, 6.45) is 0. The monoisotopic (exact) mass is 338 g/mol. The molecular weight excluding hydrogens is 328 g/mol. The van der Waals surface area contributed by atoms with Gasteiger partial charge in [0.2, 0.25) is 0 Å². The quantitative estimate of drug-likeness (QED) is 0.644. The third kappa shape index (κ3) is 2.38. The number of benzene rings is 2. The van der Waals surface area contributed by atoms with Crippen molar-refractivity contribution < 1.29 is 0 Å². The maximum Gasteiger partial charge on any atom is 0.0204 e. The summed E-state index contributed by atoms with van der Waals surface area (Å²) < 4.78 is 2.31. The Morgan fingerprint density at radius 1 is 0.688 bits per heavy atom. The van der Waals surface area contributed by atoms with Crippen LogP contribution in [0.2, 0.25) is 0 Å². The molecular formula is C14H12Br2. The Kier molecular flexibility index (Phi) is 3.50. The standard InChI is InChI=1S/C14H12Br2/c1-9-7-11(3-5-13(9)15)12-4-6-14(16)10(2)8-12/h3-8H,1-2H3. The lowest BCUT2D eigenvalue weighted by atomic mass is 10.0. The van der Waals surface area contributed by atoms with Crippen molar-refractivity contribution in [1.29, 1.82) is 0 Å². The van der Waals surface area contributed by atoms with Gasteiger partial charge in [-0.25, -0.2) is 0 Å². The summed E-state index contributed by atoms with van der Waals surface area (Å²) in [5.41, 5.74) is 5.05. The minimum atomic E-state index is 1.16. The second-order valence-corrected chi connectivity index (χ2v) is 5.64. The molecule has 0 amide bonds. The molecule has 0 heterocycles. The van der Waals surface area contributed by atoms with Crippen LogP contribution in [0.1, 0.15) is 11.1 Å². The summed E-state index contributed by atoms with van der Waals surface area (Å²) in [6.45, 7) is 4.22. The van der Waals surface area contributed by atoms with Crippen LogP contribution in [-0.4, -0.2) is 0 Å². The van der Waals surface area contributed by atoms with Crippen LogP contribution in [0.5, 0.6) is 0 Å². The molecule has 0 bridgehead atoms. The van der Waals surface area contributed by atoms with E-state index in [4.69, 9.17) is 0 Å². The molecule has 0 spiro atoms. The van der Waals surface area contributed by atoms with E-state index in [0.717, 1.165) is 8.95 Å². The van der Waals surface area contributed by atoms with Crippen molar-refractivity contribution in [1.82, 2.24) is 0 Å². The Morgan fingerprint density at radius 3 is 1.38 bits per heavy atom. The minimum Gasteiger partial charge on any atom is -0.0532 e. The first-order chi connectivity index (χ1) is 7.58. The van der Waals surface area contributed by atoms with Crippen molar-refractivity contribution in [3.05, 3.63) is 56.5 Å². The predicted molar refractivity (Wildman–Crippen MR) is 76.8 cm³/mol. The normalized spacial score (nSPS) is 10.5. The zero-order valence-corrected chi connectivity index (χ0v) is 12.4. The number of rotatable bonds is 1. The number of hydrogen-bond acceptors (Lipinski definition) is 0. The van der Waals surface area contributed by atoms with Crippen LogP contribution < -0.4 is 0 Å². The van der Waals surface area contributed by atoms with Crippen LogP contribution in [-0.2, 0) is 0 Å². The number of hydrogen-bond donors (Lipinski definition) is 0. The van der Waals surface area contributed by atoms with Crippen LogP contribution in [0.4, 0.5) is 0 Å². The van der Waals surface area contributed by atoms with Crippen LogP contribution in [0.3, 0.4) is 0 Å². The van der Waals surface area contributed by atoms with Gasteiger partial charge in [-0.3, -0.25) is 0 Å². The fraction of sp³-hybridized carbons (Fsp3) is 0.143. The second-order valence-electron chi connectivity index (χ2n) is 3.93. The van der Waals surface area contributed by atoms with Gasteiger partial charge >= 0.3 is 0 Å². The first kappa shape index (κ1) is 11.9. The molecule has 2 rings (SSSR count). The van der Waals surface area contributed by atoms with Gasteiger partial charge in [0, 0.05) is 8.95 Å². The SMILES string of the molecule is Cc1cc(-c2ccc(Br)c(C)c2)ccc1Br. The van der Waals surface area contributed by atoms with Gasteiger partial charge in [0.05, 0.1) is 0 Å². The molecule has 16 heavy (non-hydrogen) atoms. The molecule has 0 aliphatic rings. The van der Waals surface area contributed by atoms with Gasteiger partial charge < -0.3 is 0 Å². The molecule has 0 atom stereocenters. The maximum absolute atomic E-state index is 3.52. The van der Waals surface area contributed by atoms with Gasteiger partial charge in [0.25, 0.3) is 0 Å². The Bertz CT molecular complexity index is 481. The molecule has 0 aliphatic carbocycles. The van der Waals surface area contributed by atoms with Crippen molar-refractivity contribution in [2.24, 2.45) is 0 Å². The molecule has 0 nitrogen and oxygen atoms in total. The van der Waals surface area contributed by atoms with Gasteiger partial charge in [-0.2, -0.15) is 0 Å². The molecule has 0 radical (unpaired) electrons. The van der Waals surface area contributed by atoms with Gasteiger partial charge in [-0.05, 0) is 48.2 Å². The van der Waals surface area contributed by atoms with Crippen molar-refractivity contribution in [2.75, 3.05) is 0 Å². The molecule has 2 aromatic rings. The molecule has 0 aliphatic heterocycles. The first-order valence-corrected chi connectivity index (χ1v) is 6.69. The molecule has 0 saturated carbocycles. The lowest BCUT2D eigenvalue weighted by Crippen LogP contribution is -1.83. The Hall–Kier alpha value is -0.600. The number of aryl methyl sites for hydroxylation is 2. The van der Waals surface area contributed by atoms with Crippen molar-refractivity contribution >= 4 is 31.9 Å². The van der Waals surface area contributed by atoms with Crippen LogP contribution in [0.25, 0.3) is 11.1 Å². The summed E-state index contributed by atoms with van der Waals surface area (Å²) in [6, 6.07) is 12.9. The summed E-state index contributed by atoms with van der Waals surface area (Å²) >= 11 is 7.04. The van der Waals surface area contributed by atoms with Gasteiger partial charge in [0.15, 0.2) is 0 Å². The Labute approximate surface area is 113 Å². The minimum absolute atomic E-state index is 1.16. The van der Waals surface area contributed by atoms with Crippen molar-refractivity contribution in [3.8, 4) is 11.1 Å². The van der Waals surface area contributed by atoms with E-state index in [1.54, 1.807) is 0 Å². The van der Waals surface area contributed by atoms with Gasteiger partial charge in [-0.15, -0.1) is 0 Å². The lowest BCUT2D eigenvalue weighted by Gasteiger charge is -2.06. The van der Waals surface area contributed by atoms with Crippen molar-refractivity contribution in [2.45, 2.75) is 13.8 Å². The van der Waals surface area contributed by atoms with E-state index in [9.17, 15) is 0 Å². The average Bonchev–Trinajstić information content (AvgIpc) is 2.26. The highest BCUT2D eigenvalue weighted by Gasteiger charge is 2.02. The molecule has 0 aromatic heterocycles. The third-order valence-electron chi connectivity index (χ3n) is 2.65. The van der Waals surface area contributed by atoms with E-state index in [1.807, 2.05) is 0 Å². The maximum atomic E-state index is 3.52. The van der Waals surface area contributed by atoms with E-state index in [2.05, 4.69) is 82.1 Å². The molecule has 0 N–H and O–H groups in total. The van der Waals surface area contributed by atoms with Gasteiger partial charge in [0.1, 0.15) is 0 Å². The highest BCUT2D eigenvalue weighted by atomic mass is 79.9. The number of halogens is 2. The summed E-state index contributed by atoms with van der Waals surface area (Å²) in [5, 5.41) is 0. The second kappa shape index (κ2) is 4.72. The Balaban J connectivity index is 2.50. The largest absolute Gasteiger partial charge is 0.0532 e. The van der Waals surface area contributed by atoms with E-state index in [0.29, 0.717) is 0 Å². The van der Waals surface area contributed by atoms with E-state index >= 15 is 0 Å². The fourth-order valence-corrected chi connectivity index (χ4v) is 2.14. The zero-order valence-electron chi connectivity index (χ0n) is 9.22. The summed E-state index contributed by atoms with van der Waals surface area (Å²) in [5.74, 6) is 0. The van der Waals surface area contributed by atoms with E-state index in [-0.39, 0.29) is 0 Å². The van der Waals surface area contributed by atoms with E-state index < -0.39 is 0 Å². The molecule has 2 aromatic carbocycles. The smallest absolute Gasteiger partial charge is 0.0204 e. The molecule has 0 fully saturated rings. The average molecular weight is 340 g/mol. The Morgan fingerprint density at radius 2 is 1.06 bits per heavy atom. The molecule has 0 unspecified atom stereocenters. The van der Waals surface area contributed by atoms with Crippen LogP contribution in [0.15, 0.2) is 45.3 Å². The molecule has 0 saturated heterocycles. The highest BCUT2D eigenvalue weighted by molar-refractivity contribution is 9.10.